The molecule has 0 rings (SSSR count). The van der Waals surface area contributed by atoms with E-state index in [-0.39, 0.29) is 0 Å². The molecule has 1 heteroatoms. The molecule has 0 heterocycles. The largest absolute Gasteiger partial charge is 0.0771 e. The van der Waals surface area contributed by atoms with Gasteiger partial charge in [0.1, 0.15) is 0 Å². The normalized spacial score (nSPS) is 13.0. The van der Waals surface area contributed by atoms with Crippen molar-refractivity contribution in [1.29, 1.82) is 0 Å². The molecule has 0 saturated heterocycles. The van der Waals surface area contributed by atoms with Crippen LogP contribution in [0.1, 0.15) is 27.2 Å². The summed E-state index contributed by atoms with van der Waals surface area (Å²) >= 11 is 3.22. The van der Waals surface area contributed by atoms with Crippen molar-refractivity contribution in [3.05, 3.63) is 11.1 Å². The molecule has 0 bridgehead atoms. The predicted molar refractivity (Wildman–Crippen MR) is 42.1 cm³/mol. The van der Waals surface area contributed by atoms with Crippen LogP contribution in [-0.4, -0.2) is 0 Å². The third-order valence-electron chi connectivity index (χ3n) is 0.819. The Kier molecular flexibility index (Phi) is 3.38. The van der Waals surface area contributed by atoms with Crippen molar-refractivity contribution in [2.24, 2.45) is 5.41 Å². The molecular formula is C7H13Br. The van der Waals surface area contributed by atoms with Gasteiger partial charge in [0, 0.05) is 0 Å². The van der Waals surface area contributed by atoms with Crippen molar-refractivity contribution in [2.75, 3.05) is 0 Å². The zero-order valence-corrected chi connectivity index (χ0v) is 7.33. The fraction of sp³-hybridized carbons (Fsp3) is 0.714. The van der Waals surface area contributed by atoms with Crippen LogP contribution in [0.3, 0.4) is 0 Å². The van der Waals surface area contributed by atoms with E-state index in [0.717, 1.165) is 6.42 Å². The molecule has 0 saturated carbocycles. The third kappa shape index (κ3) is 6.22. The first-order valence-corrected chi connectivity index (χ1v) is 3.73. The van der Waals surface area contributed by atoms with Crippen molar-refractivity contribution >= 4 is 15.9 Å². The van der Waals surface area contributed by atoms with E-state index in [1.54, 1.807) is 0 Å². The quantitative estimate of drug-likeness (QED) is 0.576. The maximum Gasteiger partial charge on any atom is -0.0229 e. The Labute approximate surface area is 60.1 Å². The standard InChI is InChI=1S/C7H13Br/c1-7(2,3)5-4-6-8/h4,6H,5H2,1-3H3/b6-4+. The van der Waals surface area contributed by atoms with Gasteiger partial charge >= 0.3 is 0 Å². The highest BCUT2D eigenvalue weighted by molar-refractivity contribution is 9.11. The van der Waals surface area contributed by atoms with Crippen LogP contribution < -0.4 is 0 Å². The first-order chi connectivity index (χ1) is 3.56. The molecule has 48 valence electrons. The molecule has 0 radical (unpaired) electrons. The molecule has 0 unspecified atom stereocenters. The molecule has 0 fully saturated rings. The number of hydrogen-bond donors (Lipinski definition) is 0. The summed E-state index contributed by atoms with van der Waals surface area (Å²) in [6, 6.07) is 0. The summed E-state index contributed by atoms with van der Waals surface area (Å²) in [4.78, 5) is 1.91. The summed E-state index contributed by atoms with van der Waals surface area (Å²) < 4.78 is 0. The molecule has 0 aromatic rings. The van der Waals surface area contributed by atoms with Gasteiger partial charge in [-0.3, -0.25) is 0 Å². The Bertz CT molecular complexity index is 76.9. The summed E-state index contributed by atoms with van der Waals surface area (Å²) in [6.07, 6.45) is 3.26. The molecule has 0 aliphatic heterocycles. The molecule has 0 aromatic heterocycles. The van der Waals surface area contributed by atoms with Gasteiger partial charge in [-0.15, -0.1) is 0 Å². The van der Waals surface area contributed by atoms with E-state index in [9.17, 15) is 0 Å². The smallest absolute Gasteiger partial charge is 0.0229 e. The van der Waals surface area contributed by atoms with E-state index in [0.29, 0.717) is 5.41 Å². The van der Waals surface area contributed by atoms with Gasteiger partial charge in [0.2, 0.25) is 0 Å². The first-order valence-electron chi connectivity index (χ1n) is 2.81. The van der Waals surface area contributed by atoms with E-state index in [1.165, 1.54) is 0 Å². The summed E-state index contributed by atoms with van der Waals surface area (Å²) in [5.41, 5.74) is 0.435. The average molecular weight is 177 g/mol. The van der Waals surface area contributed by atoms with Crippen molar-refractivity contribution in [1.82, 2.24) is 0 Å². The van der Waals surface area contributed by atoms with Gasteiger partial charge < -0.3 is 0 Å². The Morgan fingerprint density at radius 3 is 2.00 bits per heavy atom. The zero-order valence-electron chi connectivity index (χ0n) is 5.74. The fourth-order valence-electron chi connectivity index (χ4n) is 0.398. The lowest BCUT2D eigenvalue weighted by atomic mass is 9.93. The van der Waals surface area contributed by atoms with Crippen LogP contribution >= 0.6 is 15.9 Å². The molecular weight excluding hydrogens is 164 g/mol. The average Bonchev–Trinajstić information content (AvgIpc) is 1.59. The molecule has 0 aliphatic rings. The lowest BCUT2D eigenvalue weighted by Gasteiger charge is -2.13. The van der Waals surface area contributed by atoms with Gasteiger partial charge in [0.05, 0.1) is 0 Å². The molecule has 0 aliphatic carbocycles. The lowest BCUT2D eigenvalue weighted by molar-refractivity contribution is 0.421. The minimum absolute atomic E-state index is 0.435. The molecule has 0 spiro atoms. The number of allylic oxidation sites excluding steroid dienone is 1. The second-order valence-electron chi connectivity index (χ2n) is 3.13. The van der Waals surface area contributed by atoms with Gasteiger partial charge in [-0.25, -0.2) is 0 Å². The predicted octanol–water partition coefficient (Wildman–Crippen LogP) is 3.33. The monoisotopic (exact) mass is 176 g/mol. The third-order valence-corrected chi connectivity index (χ3v) is 1.19. The van der Waals surface area contributed by atoms with Gasteiger partial charge in [-0.2, -0.15) is 0 Å². The van der Waals surface area contributed by atoms with Crippen molar-refractivity contribution in [3.63, 3.8) is 0 Å². The molecule has 0 amide bonds. The van der Waals surface area contributed by atoms with E-state index < -0.39 is 0 Å². The van der Waals surface area contributed by atoms with E-state index in [4.69, 9.17) is 0 Å². The molecule has 8 heavy (non-hydrogen) atoms. The topological polar surface area (TPSA) is 0 Å². The van der Waals surface area contributed by atoms with Crippen molar-refractivity contribution in [2.45, 2.75) is 27.2 Å². The lowest BCUT2D eigenvalue weighted by Crippen LogP contribution is -2.01. The highest BCUT2D eigenvalue weighted by Crippen LogP contribution is 2.18. The van der Waals surface area contributed by atoms with E-state index >= 15 is 0 Å². The van der Waals surface area contributed by atoms with Crippen LogP contribution in [0.5, 0.6) is 0 Å². The Hall–Kier alpha value is 0.220. The van der Waals surface area contributed by atoms with Crippen LogP contribution in [0.25, 0.3) is 0 Å². The van der Waals surface area contributed by atoms with Gasteiger partial charge in [-0.1, -0.05) is 42.8 Å². The van der Waals surface area contributed by atoms with Crippen LogP contribution in [-0.2, 0) is 0 Å². The second-order valence-corrected chi connectivity index (χ2v) is 3.66. The number of halogens is 1. The number of rotatable bonds is 1. The molecule has 0 nitrogen and oxygen atoms in total. The van der Waals surface area contributed by atoms with Crippen molar-refractivity contribution in [3.8, 4) is 0 Å². The second kappa shape index (κ2) is 3.29. The maximum absolute atomic E-state index is 3.22. The Morgan fingerprint density at radius 1 is 1.38 bits per heavy atom. The summed E-state index contributed by atoms with van der Waals surface area (Å²) in [5, 5.41) is 0. The first kappa shape index (κ1) is 8.22. The van der Waals surface area contributed by atoms with E-state index in [1.807, 2.05) is 4.99 Å². The Balaban J connectivity index is 3.39. The van der Waals surface area contributed by atoms with Gasteiger partial charge in [-0.05, 0) is 16.8 Å². The summed E-state index contributed by atoms with van der Waals surface area (Å²) in [5.74, 6) is 0. The SMILES string of the molecule is CC(C)(C)C/C=C/Br. The fourth-order valence-corrected chi connectivity index (χ4v) is 0.585. The van der Waals surface area contributed by atoms with E-state index in [2.05, 4.69) is 42.8 Å². The summed E-state index contributed by atoms with van der Waals surface area (Å²) in [6.45, 7) is 6.67. The highest BCUT2D eigenvalue weighted by atomic mass is 79.9. The molecule has 0 atom stereocenters. The van der Waals surface area contributed by atoms with Gasteiger partial charge in [0.25, 0.3) is 0 Å². The minimum atomic E-state index is 0.435. The van der Waals surface area contributed by atoms with Crippen LogP contribution in [0.15, 0.2) is 11.1 Å². The maximum atomic E-state index is 3.22. The van der Waals surface area contributed by atoms with Gasteiger partial charge in [0.15, 0.2) is 0 Å². The van der Waals surface area contributed by atoms with Crippen molar-refractivity contribution < 1.29 is 0 Å². The van der Waals surface area contributed by atoms with Crippen LogP contribution in [0, 0.1) is 5.41 Å². The highest BCUT2D eigenvalue weighted by Gasteiger charge is 2.05. The molecule has 0 N–H and O–H groups in total. The van der Waals surface area contributed by atoms with Crippen LogP contribution in [0.2, 0.25) is 0 Å². The summed E-state index contributed by atoms with van der Waals surface area (Å²) in [7, 11) is 0. The minimum Gasteiger partial charge on any atom is -0.0771 e. The zero-order chi connectivity index (χ0) is 6.62. The number of hydrogen-bond acceptors (Lipinski definition) is 0. The molecule has 0 aromatic carbocycles. The van der Waals surface area contributed by atoms with Crippen LogP contribution in [0.4, 0.5) is 0 Å². The Morgan fingerprint density at radius 2 is 1.88 bits per heavy atom.